The minimum Gasteiger partial charge on any atom is -0.342 e. The van der Waals surface area contributed by atoms with Crippen LogP contribution in [0.15, 0.2) is 73.3 Å². The minimum atomic E-state index is -0.00237. The van der Waals surface area contributed by atoms with Crippen molar-refractivity contribution in [1.29, 1.82) is 0 Å². The van der Waals surface area contributed by atoms with E-state index < -0.39 is 0 Å². The summed E-state index contributed by atoms with van der Waals surface area (Å²) < 4.78 is 0. The third kappa shape index (κ3) is 11.7. The maximum Gasteiger partial charge on any atom is 0.225 e. The lowest BCUT2D eigenvalue weighted by Gasteiger charge is -2.37. The van der Waals surface area contributed by atoms with Crippen molar-refractivity contribution in [1.82, 2.24) is 30.0 Å². The largest absolute Gasteiger partial charge is 0.342 e. The number of amides is 1. The Morgan fingerprint density at radius 1 is 0.674 bits per heavy atom. The van der Waals surface area contributed by atoms with Crippen LogP contribution < -0.4 is 5.32 Å². The maximum atomic E-state index is 13.0. The molecule has 8 nitrogen and oxygen atoms in total. The van der Waals surface area contributed by atoms with Gasteiger partial charge in [0.25, 0.3) is 0 Å². The van der Waals surface area contributed by atoms with Gasteiger partial charge in [-0.15, -0.1) is 12.4 Å². The van der Waals surface area contributed by atoms with Gasteiger partial charge in [0.1, 0.15) is 0 Å². The van der Waals surface area contributed by atoms with Crippen molar-refractivity contribution in [2.75, 3.05) is 52.4 Å². The molecular weight excluding hydrogens is 619 g/mol. The molecule has 3 saturated heterocycles. The molecule has 2 aromatic heterocycles. The van der Waals surface area contributed by atoms with Crippen LogP contribution in [0.25, 0.3) is 0 Å². The highest BCUT2D eigenvalue weighted by molar-refractivity contribution is 6.30. The van der Waals surface area contributed by atoms with Crippen LogP contribution in [0.5, 0.6) is 0 Å². The van der Waals surface area contributed by atoms with Gasteiger partial charge in [0.05, 0.1) is 0 Å². The molecule has 3 fully saturated rings. The number of piperidine rings is 2. The summed E-state index contributed by atoms with van der Waals surface area (Å²) in [5.41, 5.74) is 3.34. The van der Waals surface area contributed by atoms with Crippen molar-refractivity contribution in [3.8, 4) is 0 Å². The third-order valence-corrected chi connectivity index (χ3v) is 9.02. The number of piperazine rings is 1. The molecule has 0 bridgehead atoms. The summed E-state index contributed by atoms with van der Waals surface area (Å²) in [6.07, 6.45) is 10.7. The monoisotopic (exact) mass is 670 g/mol. The van der Waals surface area contributed by atoms with Gasteiger partial charge in [-0.2, -0.15) is 0 Å². The highest BCUT2D eigenvalue weighted by Crippen LogP contribution is 2.26. The van der Waals surface area contributed by atoms with Crippen LogP contribution in [0, 0.1) is 11.8 Å². The van der Waals surface area contributed by atoms with E-state index >= 15 is 0 Å². The van der Waals surface area contributed by atoms with Crippen LogP contribution >= 0.6 is 24.0 Å². The summed E-state index contributed by atoms with van der Waals surface area (Å²) in [5.74, 6) is 0.554. The number of hydrogen-bond acceptors (Lipinski definition) is 7. The van der Waals surface area contributed by atoms with E-state index in [1.807, 2.05) is 41.8 Å². The van der Waals surface area contributed by atoms with Crippen LogP contribution in [-0.2, 0) is 17.9 Å². The van der Waals surface area contributed by atoms with Gasteiger partial charge in [-0.3, -0.25) is 29.4 Å². The molecule has 1 N–H and O–H groups in total. The molecule has 0 spiro atoms. The first-order valence-electron chi connectivity index (χ1n) is 15.6. The van der Waals surface area contributed by atoms with Crippen LogP contribution in [0.4, 0.5) is 0 Å². The average Bonchev–Trinajstić information content (AvgIpc) is 3.07. The van der Waals surface area contributed by atoms with Crippen molar-refractivity contribution in [2.24, 2.45) is 11.8 Å². The van der Waals surface area contributed by atoms with Gasteiger partial charge in [0.15, 0.2) is 5.78 Å². The molecule has 3 aliphatic rings. The molecule has 0 aliphatic carbocycles. The number of carbonyl (C=O) groups is 2. The fourth-order valence-corrected chi connectivity index (χ4v) is 6.30. The van der Waals surface area contributed by atoms with Crippen molar-refractivity contribution in [3.63, 3.8) is 0 Å². The number of nitrogens with zero attached hydrogens (tertiary/aromatic N) is 5. The molecule has 252 valence electrons. The molecule has 3 aliphatic heterocycles. The number of rotatable bonds is 7. The zero-order chi connectivity index (χ0) is 29.9. The third-order valence-electron chi connectivity index (χ3n) is 8.76. The second-order valence-corrected chi connectivity index (χ2v) is 12.2. The molecule has 0 atom stereocenters. The summed E-state index contributed by atoms with van der Waals surface area (Å²) in [7, 11) is 0. The number of ketones is 1. The van der Waals surface area contributed by atoms with E-state index in [1.54, 1.807) is 24.3 Å². The van der Waals surface area contributed by atoms with E-state index in [0.29, 0.717) is 23.7 Å². The molecule has 3 aromatic rings. The summed E-state index contributed by atoms with van der Waals surface area (Å²) in [6.45, 7) is 9.78. The lowest BCUT2D eigenvalue weighted by Crippen LogP contribution is -2.46. The Morgan fingerprint density at radius 2 is 1.13 bits per heavy atom. The van der Waals surface area contributed by atoms with Gasteiger partial charge in [-0.25, -0.2) is 0 Å². The molecule has 1 amide bonds. The van der Waals surface area contributed by atoms with Crippen molar-refractivity contribution in [2.45, 2.75) is 53.6 Å². The molecule has 10 heteroatoms. The van der Waals surface area contributed by atoms with Crippen LogP contribution in [0.2, 0.25) is 5.02 Å². The quantitative estimate of drug-likeness (QED) is 0.298. The van der Waals surface area contributed by atoms with E-state index in [-0.39, 0.29) is 50.8 Å². The van der Waals surface area contributed by atoms with Crippen molar-refractivity contribution >= 4 is 35.7 Å². The maximum absolute atomic E-state index is 13.0. The van der Waals surface area contributed by atoms with Gasteiger partial charge in [0, 0.05) is 99.6 Å². The number of Topliss-reactive ketones (excluding diaryl/α,β-unsaturated/α-hetero) is 1. The molecule has 0 saturated carbocycles. The Labute approximate surface area is 287 Å². The van der Waals surface area contributed by atoms with E-state index in [4.69, 9.17) is 11.6 Å². The number of benzene rings is 1. The summed E-state index contributed by atoms with van der Waals surface area (Å²) in [5, 5.41) is 3.98. The van der Waals surface area contributed by atoms with E-state index in [2.05, 4.69) is 37.2 Å². The number of halogens is 2. The first kappa shape index (κ1) is 39.3. The Morgan fingerprint density at radius 3 is 1.63 bits per heavy atom. The number of aromatic nitrogens is 2. The van der Waals surface area contributed by atoms with Gasteiger partial charge in [0.2, 0.25) is 5.91 Å². The lowest BCUT2D eigenvalue weighted by atomic mass is 9.87. The van der Waals surface area contributed by atoms with Gasteiger partial charge in [-0.05, 0) is 98.4 Å². The Kier molecular flexibility index (Phi) is 17.4. The molecule has 0 radical (unpaired) electrons. The Balaban J connectivity index is 0.000000390. The van der Waals surface area contributed by atoms with Gasteiger partial charge in [-0.1, -0.05) is 26.5 Å². The topological polar surface area (TPSA) is 81.7 Å². The standard InChI is InChI=1S/C24H28ClN3O2.C10H15N3.2CH4.ClH/c25-22-3-1-19(2-4-22)23(29)20-9-15-28(16-10-20)24(30)21-7-13-27(14-8-21)17-18-5-11-26-12-6-18;1-3-11-4-2-10(1)9-13-7-5-12-6-8-13;;;/h1-6,11-12,20-21H,7-10,13-17H2;1-4,12H,5-9H2;2*1H4;1H. The summed E-state index contributed by atoms with van der Waals surface area (Å²) in [6, 6.07) is 15.4. The van der Waals surface area contributed by atoms with E-state index in [9.17, 15) is 9.59 Å². The number of pyridine rings is 2. The Bertz CT molecular complexity index is 1280. The molecular formula is C36H52Cl2N6O2. The van der Waals surface area contributed by atoms with Crippen LogP contribution in [0.3, 0.4) is 0 Å². The van der Waals surface area contributed by atoms with Crippen molar-refractivity contribution < 1.29 is 9.59 Å². The first-order valence-corrected chi connectivity index (χ1v) is 15.9. The van der Waals surface area contributed by atoms with Gasteiger partial charge >= 0.3 is 0 Å². The molecule has 6 rings (SSSR count). The smallest absolute Gasteiger partial charge is 0.225 e. The fraction of sp³-hybridized carbons (Fsp3) is 0.500. The molecule has 1 aromatic carbocycles. The molecule has 5 heterocycles. The number of carbonyl (C=O) groups excluding carboxylic acids is 2. The predicted octanol–water partition coefficient (Wildman–Crippen LogP) is 6.25. The second-order valence-electron chi connectivity index (χ2n) is 11.8. The molecule has 0 unspecified atom stereocenters. The zero-order valence-electron chi connectivity index (χ0n) is 25.3. The second kappa shape index (κ2) is 20.4. The van der Waals surface area contributed by atoms with Crippen molar-refractivity contribution in [3.05, 3.63) is 95.0 Å². The highest BCUT2D eigenvalue weighted by atomic mass is 35.5. The first-order chi connectivity index (χ1) is 21.0. The van der Waals surface area contributed by atoms with E-state index in [1.165, 1.54) is 11.1 Å². The number of hydrogen-bond donors (Lipinski definition) is 1. The normalized spacial score (nSPS) is 17.7. The lowest BCUT2D eigenvalue weighted by molar-refractivity contribution is -0.138. The minimum absolute atomic E-state index is 0. The summed E-state index contributed by atoms with van der Waals surface area (Å²) in [4.78, 5) is 40.7. The Hall–Kier alpha value is -2.88. The van der Waals surface area contributed by atoms with Crippen LogP contribution in [-0.4, -0.2) is 88.7 Å². The van der Waals surface area contributed by atoms with Gasteiger partial charge < -0.3 is 10.2 Å². The SMILES string of the molecule is C.C.Cl.O=C(c1ccc(Cl)cc1)C1CCN(C(=O)C2CCN(Cc3ccncc3)CC2)CC1.c1cc(CN2CCNCC2)ccn1. The molecule has 46 heavy (non-hydrogen) atoms. The fourth-order valence-electron chi connectivity index (χ4n) is 6.17. The van der Waals surface area contributed by atoms with Crippen LogP contribution in [0.1, 0.15) is 62.0 Å². The predicted molar refractivity (Wildman–Crippen MR) is 190 cm³/mol. The van der Waals surface area contributed by atoms with E-state index in [0.717, 1.165) is 78.0 Å². The average molecular weight is 672 g/mol. The highest BCUT2D eigenvalue weighted by Gasteiger charge is 2.32. The number of likely N-dealkylation sites (tertiary alicyclic amines) is 2. The zero-order valence-corrected chi connectivity index (χ0v) is 26.9. The number of nitrogens with one attached hydrogen (secondary N) is 1. The summed E-state index contributed by atoms with van der Waals surface area (Å²) >= 11 is 5.92.